The van der Waals surface area contributed by atoms with E-state index in [2.05, 4.69) is 9.72 Å². The van der Waals surface area contributed by atoms with Crippen molar-refractivity contribution in [3.63, 3.8) is 0 Å². The summed E-state index contributed by atoms with van der Waals surface area (Å²) in [4.78, 5) is 15.8. The van der Waals surface area contributed by atoms with Gasteiger partial charge in [0.05, 0.1) is 24.6 Å². The molecule has 112 valence electrons. The number of benzene rings is 1. The number of nitrogens with zero attached hydrogens (tertiary/aromatic N) is 2. The number of methoxy groups -OCH3 is 1. The van der Waals surface area contributed by atoms with Crippen LogP contribution in [0.15, 0.2) is 48.8 Å². The molecule has 22 heavy (non-hydrogen) atoms. The quantitative estimate of drug-likeness (QED) is 0.749. The molecule has 6 nitrogen and oxygen atoms in total. The van der Waals surface area contributed by atoms with Crippen molar-refractivity contribution >= 4 is 11.6 Å². The molecule has 0 amide bonds. The van der Waals surface area contributed by atoms with E-state index in [-0.39, 0.29) is 5.75 Å². The van der Waals surface area contributed by atoms with Crippen molar-refractivity contribution in [1.82, 2.24) is 9.38 Å². The van der Waals surface area contributed by atoms with Crippen LogP contribution in [0.2, 0.25) is 0 Å². The third-order valence-corrected chi connectivity index (χ3v) is 3.23. The SMILES string of the molecule is COC(=O)c1ccn2c(COc3ccc(O)cc3)cnc2c1. The topological polar surface area (TPSA) is 73.1 Å². The summed E-state index contributed by atoms with van der Waals surface area (Å²) in [7, 11) is 1.34. The zero-order chi connectivity index (χ0) is 15.5. The van der Waals surface area contributed by atoms with Gasteiger partial charge in [0.25, 0.3) is 0 Å². The number of aromatic nitrogens is 2. The maximum atomic E-state index is 11.5. The second kappa shape index (κ2) is 5.77. The average Bonchev–Trinajstić information content (AvgIpc) is 2.96. The molecule has 3 rings (SSSR count). The second-order valence-corrected chi connectivity index (χ2v) is 4.67. The Morgan fingerprint density at radius 1 is 1.27 bits per heavy atom. The number of esters is 1. The molecule has 0 aliphatic carbocycles. The van der Waals surface area contributed by atoms with Gasteiger partial charge in [-0.25, -0.2) is 9.78 Å². The van der Waals surface area contributed by atoms with Crippen LogP contribution in [0.3, 0.4) is 0 Å². The Morgan fingerprint density at radius 2 is 2.05 bits per heavy atom. The van der Waals surface area contributed by atoms with Crippen LogP contribution in [0.1, 0.15) is 16.1 Å². The van der Waals surface area contributed by atoms with Gasteiger partial charge in [0.1, 0.15) is 23.8 Å². The molecule has 0 unspecified atom stereocenters. The highest BCUT2D eigenvalue weighted by molar-refractivity contribution is 5.90. The minimum Gasteiger partial charge on any atom is -0.508 e. The van der Waals surface area contributed by atoms with E-state index in [1.54, 1.807) is 48.8 Å². The standard InChI is InChI=1S/C16H14N2O4/c1-21-16(20)11-6-7-18-12(9-17-15(18)8-11)10-22-14-4-2-13(19)3-5-14/h2-9,19H,10H2,1H3. The number of phenolic OH excluding ortho intramolecular Hbond substituents is 1. The number of carbonyl (C=O) groups is 1. The van der Waals surface area contributed by atoms with E-state index >= 15 is 0 Å². The van der Waals surface area contributed by atoms with Gasteiger partial charge < -0.3 is 19.0 Å². The predicted octanol–water partition coefficient (Wildman–Crippen LogP) is 2.41. The van der Waals surface area contributed by atoms with E-state index in [1.165, 1.54) is 7.11 Å². The summed E-state index contributed by atoms with van der Waals surface area (Å²) >= 11 is 0. The van der Waals surface area contributed by atoms with Gasteiger partial charge in [-0.2, -0.15) is 0 Å². The van der Waals surface area contributed by atoms with Crippen LogP contribution in [0.4, 0.5) is 0 Å². The fraction of sp³-hybridized carbons (Fsp3) is 0.125. The molecule has 0 saturated carbocycles. The lowest BCUT2D eigenvalue weighted by molar-refractivity contribution is 0.0600. The fourth-order valence-corrected chi connectivity index (χ4v) is 2.08. The minimum atomic E-state index is -0.396. The Morgan fingerprint density at radius 3 is 2.77 bits per heavy atom. The molecule has 3 aromatic rings. The van der Waals surface area contributed by atoms with Gasteiger partial charge in [0, 0.05) is 6.20 Å². The first-order valence-electron chi connectivity index (χ1n) is 6.63. The first-order chi connectivity index (χ1) is 10.7. The lowest BCUT2D eigenvalue weighted by Crippen LogP contribution is -2.03. The van der Waals surface area contributed by atoms with E-state index in [9.17, 15) is 9.90 Å². The molecule has 2 heterocycles. The van der Waals surface area contributed by atoms with Crippen molar-refractivity contribution in [3.8, 4) is 11.5 Å². The van der Waals surface area contributed by atoms with Crippen molar-refractivity contribution in [1.29, 1.82) is 0 Å². The normalized spacial score (nSPS) is 10.6. The van der Waals surface area contributed by atoms with Crippen molar-refractivity contribution < 1.29 is 19.4 Å². The van der Waals surface area contributed by atoms with Gasteiger partial charge in [-0.1, -0.05) is 0 Å². The van der Waals surface area contributed by atoms with Gasteiger partial charge in [-0.05, 0) is 36.4 Å². The number of phenols is 1. The highest BCUT2D eigenvalue weighted by Crippen LogP contribution is 2.18. The average molecular weight is 298 g/mol. The Balaban J connectivity index is 1.79. The Hall–Kier alpha value is -3.02. The summed E-state index contributed by atoms with van der Waals surface area (Å²) < 4.78 is 12.2. The van der Waals surface area contributed by atoms with Crippen LogP contribution < -0.4 is 4.74 Å². The number of fused-ring (bicyclic) bond motifs is 1. The summed E-state index contributed by atoms with van der Waals surface area (Å²) in [6, 6.07) is 9.83. The lowest BCUT2D eigenvalue weighted by atomic mass is 10.2. The largest absolute Gasteiger partial charge is 0.508 e. The van der Waals surface area contributed by atoms with Gasteiger partial charge in [0.15, 0.2) is 0 Å². The number of imidazole rings is 1. The molecule has 0 bridgehead atoms. The molecule has 1 N–H and O–H groups in total. The lowest BCUT2D eigenvalue weighted by Gasteiger charge is -2.06. The Bertz CT molecular complexity index is 809. The molecule has 0 atom stereocenters. The number of hydrogen-bond donors (Lipinski definition) is 1. The Labute approximate surface area is 126 Å². The van der Waals surface area contributed by atoms with Crippen molar-refractivity contribution in [2.45, 2.75) is 6.61 Å². The number of ether oxygens (including phenoxy) is 2. The first kappa shape index (κ1) is 13.9. The van der Waals surface area contributed by atoms with Crippen LogP contribution in [0.25, 0.3) is 5.65 Å². The van der Waals surface area contributed by atoms with E-state index in [0.29, 0.717) is 23.6 Å². The second-order valence-electron chi connectivity index (χ2n) is 4.67. The first-order valence-corrected chi connectivity index (χ1v) is 6.63. The molecule has 2 aromatic heterocycles. The van der Waals surface area contributed by atoms with Gasteiger partial charge in [-0.3, -0.25) is 0 Å². The molecule has 0 fully saturated rings. The molecular weight excluding hydrogens is 284 g/mol. The molecule has 1 aromatic carbocycles. The predicted molar refractivity (Wildman–Crippen MR) is 79.0 cm³/mol. The summed E-state index contributed by atoms with van der Waals surface area (Å²) in [5.74, 6) is 0.448. The zero-order valence-corrected chi connectivity index (χ0v) is 11.9. The minimum absolute atomic E-state index is 0.192. The number of rotatable bonds is 4. The van der Waals surface area contributed by atoms with Crippen molar-refractivity contribution in [3.05, 3.63) is 60.0 Å². The smallest absolute Gasteiger partial charge is 0.338 e. The summed E-state index contributed by atoms with van der Waals surface area (Å²) in [6.45, 7) is 0.323. The number of pyridine rings is 1. The van der Waals surface area contributed by atoms with Crippen molar-refractivity contribution in [2.24, 2.45) is 0 Å². The molecule has 0 aliphatic heterocycles. The molecule has 0 radical (unpaired) electrons. The van der Waals surface area contributed by atoms with Crippen LogP contribution in [0, 0.1) is 0 Å². The third kappa shape index (κ3) is 2.71. The fourth-order valence-electron chi connectivity index (χ4n) is 2.08. The van der Waals surface area contributed by atoms with E-state index in [1.807, 2.05) is 4.40 Å². The van der Waals surface area contributed by atoms with E-state index in [4.69, 9.17) is 4.74 Å². The zero-order valence-electron chi connectivity index (χ0n) is 11.9. The third-order valence-electron chi connectivity index (χ3n) is 3.23. The summed E-state index contributed by atoms with van der Waals surface area (Å²) in [5.41, 5.74) is 1.94. The summed E-state index contributed by atoms with van der Waals surface area (Å²) in [5, 5.41) is 9.23. The van der Waals surface area contributed by atoms with Crippen LogP contribution >= 0.6 is 0 Å². The van der Waals surface area contributed by atoms with Crippen LogP contribution in [-0.2, 0) is 11.3 Å². The molecule has 0 aliphatic rings. The van der Waals surface area contributed by atoms with Gasteiger partial charge in [0.2, 0.25) is 0 Å². The van der Waals surface area contributed by atoms with Gasteiger partial charge >= 0.3 is 5.97 Å². The van der Waals surface area contributed by atoms with Crippen LogP contribution in [0.5, 0.6) is 11.5 Å². The van der Waals surface area contributed by atoms with Crippen molar-refractivity contribution in [2.75, 3.05) is 7.11 Å². The highest BCUT2D eigenvalue weighted by atomic mass is 16.5. The maximum absolute atomic E-state index is 11.5. The van der Waals surface area contributed by atoms with E-state index in [0.717, 1.165) is 5.69 Å². The highest BCUT2D eigenvalue weighted by Gasteiger charge is 2.09. The number of carbonyl (C=O) groups excluding carboxylic acids is 1. The van der Waals surface area contributed by atoms with Crippen LogP contribution in [-0.4, -0.2) is 27.6 Å². The molecule has 0 saturated heterocycles. The monoisotopic (exact) mass is 298 g/mol. The summed E-state index contributed by atoms with van der Waals surface area (Å²) in [6.07, 6.45) is 3.45. The number of hydrogen-bond acceptors (Lipinski definition) is 5. The van der Waals surface area contributed by atoms with E-state index < -0.39 is 5.97 Å². The van der Waals surface area contributed by atoms with Gasteiger partial charge in [-0.15, -0.1) is 0 Å². The molecule has 0 spiro atoms. The number of aromatic hydroxyl groups is 1. The maximum Gasteiger partial charge on any atom is 0.338 e. The molecule has 6 heteroatoms. The Kier molecular flexibility index (Phi) is 3.65. The molecular formula is C16H14N2O4.